The van der Waals surface area contributed by atoms with Gasteiger partial charge in [0.25, 0.3) is 0 Å². The van der Waals surface area contributed by atoms with Crippen LogP contribution >= 0.6 is 0 Å². The largest absolute Gasteiger partial charge is 0.379 e. The van der Waals surface area contributed by atoms with Crippen molar-refractivity contribution < 1.29 is 4.74 Å². The molecular weight excluding hydrogens is 128 g/mol. The Hall–Kier alpha value is -0.120. The molecule has 0 radical (unpaired) electrons. The zero-order valence-corrected chi connectivity index (χ0v) is 6.34. The molecule has 2 heterocycles. The van der Waals surface area contributed by atoms with Gasteiger partial charge in [0.1, 0.15) is 0 Å². The maximum absolute atomic E-state index is 6.09. The first-order chi connectivity index (χ1) is 4.71. The van der Waals surface area contributed by atoms with Crippen LogP contribution in [-0.4, -0.2) is 43.8 Å². The summed E-state index contributed by atoms with van der Waals surface area (Å²) in [5.41, 5.74) is 6.07. The smallest absolute Gasteiger partial charge is 0.0663 e. The van der Waals surface area contributed by atoms with Crippen molar-refractivity contribution in [3.05, 3.63) is 0 Å². The van der Waals surface area contributed by atoms with E-state index in [1.165, 1.54) is 0 Å². The molecule has 3 nitrogen and oxygen atoms in total. The summed E-state index contributed by atoms with van der Waals surface area (Å²) in [6, 6.07) is 0. The minimum atomic E-state index is -0.0191. The maximum atomic E-state index is 6.09. The number of nitrogens with two attached hydrogens (primary N) is 1. The minimum absolute atomic E-state index is 0.0191. The van der Waals surface area contributed by atoms with Gasteiger partial charge in [0, 0.05) is 19.0 Å². The van der Waals surface area contributed by atoms with Crippen LogP contribution in [0.5, 0.6) is 0 Å². The third kappa shape index (κ3) is 0.779. The van der Waals surface area contributed by atoms with Crippen LogP contribution in [-0.2, 0) is 4.74 Å². The Morgan fingerprint density at radius 3 is 3.20 bits per heavy atom. The number of likely N-dealkylation sites (N-methyl/N-ethyl adjacent to an activating group) is 1. The van der Waals surface area contributed by atoms with Gasteiger partial charge in [-0.15, -0.1) is 0 Å². The van der Waals surface area contributed by atoms with Crippen LogP contribution in [0.15, 0.2) is 0 Å². The van der Waals surface area contributed by atoms with Crippen molar-refractivity contribution >= 4 is 0 Å². The summed E-state index contributed by atoms with van der Waals surface area (Å²) < 4.78 is 5.31. The van der Waals surface area contributed by atoms with Crippen LogP contribution in [0.3, 0.4) is 0 Å². The average Bonchev–Trinajstić information content (AvgIpc) is 2.20. The minimum Gasteiger partial charge on any atom is -0.379 e. The Labute approximate surface area is 61.1 Å². The number of likely N-dealkylation sites (tertiary alicyclic amines) is 1. The summed E-state index contributed by atoms with van der Waals surface area (Å²) in [4.78, 5) is 2.28. The normalized spacial score (nSPS) is 48.0. The molecule has 2 fully saturated rings. The fourth-order valence-corrected chi connectivity index (χ4v) is 2.03. The first-order valence-corrected chi connectivity index (χ1v) is 3.76. The van der Waals surface area contributed by atoms with E-state index >= 15 is 0 Å². The van der Waals surface area contributed by atoms with Crippen LogP contribution in [0.2, 0.25) is 0 Å². The Morgan fingerprint density at radius 2 is 2.50 bits per heavy atom. The fourth-order valence-electron chi connectivity index (χ4n) is 2.03. The average molecular weight is 142 g/mol. The van der Waals surface area contributed by atoms with Gasteiger partial charge >= 0.3 is 0 Å². The highest BCUT2D eigenvalue weighted by Crippen LogP contribution is 2.29. The van der Waals surface area contributed by atoms with Crippen molar-refractivity contribution in [1.29, 1.82) is 0 Å². The molecular formula is C7H14N2O. The summed E-state index contributed by atoms with van der Waals surface area (Å²) in [5, 5.41) is 0. The summed E-state index contributed by atoms with van der Waals surface area (Å²) in [6.07, 6.45) is 0. The highest BCUT2D eigenvalue weighted by Gasteiger charge is 2.46. The monoisotopic (exact) mass is 142 g/mol. The fraction of sp³-hybridized carbons (Fsp3) is 1.00. The number of nitrogens with zero attached hydrogens (tertiary/aromatic N) is 1. The first kappa shape index (κ1) is 6.58. The third-order valence-corrected chi connectivity index (χ3v) is 2.60. The van der Waals surface area contributed by atoms with Crippen LogP contribution < -0.4 is 5.73 Å². The summed E-state index contributed by atoms with van der Waals surface area (Å²) in [6.45, 7) is 3.72. The SMILES string of the molecule is CN1C[C@H]2COC[C@@]2(N)C1. The molecule has 0 unspecified atom stereocenters. The highest BCUT2D eigenvalue weighted by atomic mass is 16.5. The molecule has 0 bridgehead atoms. The molecule has 58 valence electrons. The van der Waals surface area contributed by atoms with E-state index in [2.05, 4.69) is 11.9 Å². The molecule has 0 spiro atoms. The number of hydrogen-bond donors (Lipinski definition) is 1. The second-order valence-electron chi connectivity index (χ2n) is 3.64. The molecule has 3 heteroatoms. The molecule has 2 rings (SSSR count). The predicted octanol–water partition coefficient (Wildman–Crippen LogP) is -0.724. The van der Waals surface area contributed by atoms with Gasteiger partial charge in [0.2, 0.25) is 0 Å². The Balaban J connectivity index is 2.15. The molecule has 0 aliphatic carbocycles. The second-order valence-corrected chi connectivity index (χ2v) is 3.64. The zero-order chi connectivity index (χ0) is 7.19. The van der Waals surface area contributed by atoms with E-state index in [1.54, 1.807) is 0 Å². The van der Waals surface area contributed by atoms with E-state index in [4.69, 9.17) is 10.5 Å². The van der Waals surface area contributed by atoms with Gasteiger partial charge in [-0.1, -0.05) is 0 Å². The van der Waals surface area contributed by atoms with Crippen LogP contribution in [0.1, 0.15) is 0 Å². The van der Waals surface area contributed by atoms with E-state index in [-0.39, 0.29) is 5.54 Å². The van der Waals surface area contributed by atoms with Crippen molar-refractivity contribution in [2.45, 2.75) is 5.54 Å². The van der Waals surface area contributed by atoms with Gasteiger partial charge in [0.15, 0.2) is 0 Å². The van der Waals surface area contributed by atoms with Crippen LogP contribution in [0, 0.1) is 5.92 Å². The van der Waals surface area contributed by atoms with Crippen LogP contribution in [0.4, 0.5) is 0 Å². The summed E-state index contributed by atoms with van der Waals surface area (Å²) in [7, 11) is 2.12. The quantitative estimate of drug-likeness (QED) is 0.485. The highest BCUT2D eigenvalue weighted by molar-refractivity contribution is 5.03. The third-order valence-electron chi connectivity index (χ3n) is 2.60. The molecule has 2 atom stereocenters. The molecule has 2 saturated heterocycles. The van der Waals surface area contributed by atoms with Crippen molar-refractivity contribution in [1.82, 2.24) is 4.90 Å². The van der Waals surface area contributed by atoms with Gasteiger partial charge in [-0.3, -0.25) is 0 Å². The van der Waals surface area contributed by atoms with E-state index < -0.39 is 0 Å². The zero-order valence-electron chi connectivity index (χ0n) is 6.34. The molecule has 0 amide bonds. The van der Waals surface area contributed by atoms with Gasteiger partial charge < -0.3 is 15.4 Å². The van der Waals surface area contributed by atoms with Gasteiger partial charge in [-0.25, -0.2) is 0 Å². The lowest BCUT2D eigenvalue weighted by atomic mass is 9.92. The number of rotatable bonds is 0. The van der Waals surface area contributed by atoms with Crippen molar-refractivity contribution in [3.8, 4) is 0 Å². The van der Waals surface area contributed by atoms with E-state index in [0.29, 0.717) is 5.92 Å². The van der Waals surface area contributed by atoms with Gasteiger partial charge in [-0.05, 0) is 7.05 Å². The lowest BCUT2D eigenvalue weighted by Crippen LogP contribution is -2.47. The molecule has 2 aliphatic heterocycles. The molecule has 0 aromatic rings. The van der Waals surface area contributed by atoms with Gasteiger partial charge in [0.05, 0.1) is 18.8 Å². The van der Waals surface area contributed by atoms with E-state index in [1.807, 2.05) is 0 Å². The van der Waals surface area contributed by atoms with E-state index in [0.717, 1.165) is 26.3 Å². The van der Waals surface area contributed by atoms with Crippen molar-refractivity contribution in [3.63, 3.8) is 0 Å². The molecule has 0 aromatic heterocycles. The summed E-state index contributed by atoms with van der Waals surface area (Å²) in [5.74, 6) is 0.581. The molecule has 2 aliphatic rings. The van der Waals surface area contributed by atoms with Crippen molar-refractivity contribution in [2.24, 2.45) is 11.7 Å². The molecule has 0 aromatic carbocycles. The second kappa shape index (κ2) is 1.94. The predicted molar refractivity (Wildman–Crippen MR) is 38.7 cm³/mol. The van der Waals surface area contributed by atoms with Gasteiger partial charge in [-0.2, -0.15) is 0 Å². The molecule has 2 N–H and O–H groups in total. The summed E-state index contributed by atoms with van der Waals surface area (Å²) >= 11 is 0. The number of ether oxygens (including phenoxy) is 1. The molecule has 10 heavy (non-hydrogen) atoms. The lowest BCUT2D eigenvalue weighted by Gasteiger charge is -2.19. The van der Waals surface area contributed by atoms with E-state index in [9.17, 15) is 0 Å². The molecule has 0 saturated carbocycles. The topological polar surface area (TPSA) is 38.5 Å². The Kier molecular flexibility index (Phi) is 1.27. The number of fused-ring (bicyclic) bond motifs is 1. The van der Waals surface area contributed by atoms with Crippen LogP contribution in [0.25, 0.3) is 0 Å². The Morgan fingerprint density at radius 1 is 1.70 bits per heavy atom. The van der Waals surface area contributed by atoms with Crippen molar-refractivity contribution in [2.75, 3.05) is 33.4 Å². The lowest BCUT2D eigenvalue weighted by molar-refractivity contribution is 0.155. The first-order valence-electron chi connectivity index (χ1n) is 3.76. The number of hydrogen-bond acceptors (Lipinski definition) is 3. The standard InChI is InChI=1S/C7H14N2O/c1-9-2-6-3-10-5-7(6,8)4-9/h6H,2-5,8H2,1H3/t6-,7-/m0/s1. The maximum Gasteiger partial charge on any atom is 0.0663 e. The Bertz CT molecular complexity index is 151.